The molecule has 0 rings (SSSR count). The number of esters is 2. The van der Waals surface area contributed by atoms with E-state index in [2.05, 4.69) is 27.7 Å². The molecule has 0 heterocycles. The maximum Gasteiger partial charge on any atom is 1.00 e. The SMILES string of the molecule is CCCCC(CC)COC(=O)CCC(=O)OCC(CC)CCCC.O=[S-](=O)O.[K+]. The average Bonchev–Trinajstić information content (AvgIpc) is 2.66. The van der Waals surface area contributed by atoms with Crippen LogP contribution in [0.25, 0.3) is 0 Å². The Balaban J connectivity index is -0.00000123. The van der Waals surface area contributed by atoms with Gasteiger partial charge in [-0.1, -0.05) is 66.2 Å². The normalized spacial score (nSPS) is 12.2. The number of rotatable bonds is 15. The van der Waals surface area contributed by atoms with E-state index in [1.807, 2.05) is 0 Å². The maximum atomic E-state index is 11.7. The minimum Gasteiger partial charge on any atom is -0.465 e. The first-order valence-electron chi connectivity index (χ1n) is 10.4. The summed E-state index contributed by atoms with van der Waals surface area (Å²) < 4.78 is 34.7. The molecule has 0 aromatic rings. The van der Waals surface area contributed by atoms with E-state index in [0.29, 0.717) is 25.0 Å². The zero-order chi connectivity index (χ0) is 21.8. The average molecular weight is 463 g/mol. The quantitative estimate of drug-likeness (QED) is 0.130. The van der Waals surface area contributed by atoms with E-state index in [-0.39, 0.29) is 76.2 Å². The maximum absolute atomic E-state index is 11.7. The minimum absolute atomic E-state index is 0. The van der Waals surface area contributed by atoms with Crippen molar-refractivity contribution in [2.45, 2.75) is 91.9 Å². The van der Waals surface area contributed by atoms with Crippen LogP contribution in [0.3, 0.4) is 0 Å². The van der Waals surface area contributed by atoms with Crippen LogP contribution in [0.4, 0.5) is 0 Å². The van der Waals surface area contributed by atoms with Gasteiger partial charge < -0.3 is 22.4 Å². The summed E-state index contributed by atoms with van der Waals surface area (Å²) in [7, 11) is -2.86. The molecule has 0 aromatic heterocycles. The van der Waals surface area contributed by atoms with Crippen molar-refractivity contribution in [3.05, 3.63) is 0 Å². The van der Waals surface area contributed by atoms with Crippen molar-refractivity contribution in [1.82, 2.24) is 0 Å². The Morgan fingerprint density at radius 1 is 0.793 bits per heavy atom. The third-order valence-corrected chi connectivity index (χ3v) is 4.58. The van der Waals surface area contributed by atoms with Gasteiger partial charge in [-0.05, 0) is 24.7 Å². The van der Waals surface area contributed by atoms with Gasteiger partial charge in [-0.25, -0.2) is 0 Å². The Morgan fingerprint density at radius 3 is 1.34 bits per heavy atom. The van der Waals surface area contributed by atoms with E-state index < -0.39 is 11.0 Å². The third kappa shape index (κ3) is 26.5. The van der Waals surface area contributed by atoms with E-state index in [9.17, 15) is 9.59 Å². The molecule has 29 heavy (non-hydrogen) atoms. The van der Waals surface area contributed by atoms with E-state index in [0.717, 1.165) is 38.5 Å². The van der Waals surface area contributed by atoms with Gasteiger partial charge in [0.05, 0.1) is 26.1 Å². The Morgan fingerprint density at radius 2 is 1.10 bits per heavy atom. The first-order chi connectivity index (χ1) is 13.3. The van der Waals surface area contributed by atoms with Gasteiger partial charge in [0.25, 0.3) is 0 Å². The monoisotopic (exact) mass is 462 g/mol. The summed E-state index contributed by atoms with van der Waals surface area (Å²) in [5.74, 6) is 0.286. The van der Waals surface area contributed by atoms with Crippen molar-refractivity contribution >= 4 is 22.9 Å². The second-order valence-electron chi connectivity index (χ2n) is 6.92. The predicted molar refractivity (Wildman–Crippen MR) is 109 cm³/mol. The smallest absolute Gasteiger partial charge is 0.465 e. The number of ether oxygens (including phenoxy) is 2. The van der Waals surface area contributed by atoms with Crippen LogP contribution in [0.1, 0.15) is 91.9 Å². The van der Waals surface area contributed by atoms with Gasteiger partial charge in [-0.2, -0.15) is 0 Å². The fraction of sp³-hybridized carbons (Fsp3) is 0.900. The molecule has 0 aromatic carbocycles. The van der Waals surface area contributed by atoms with Crippen LogP contribution in [0, 0.1) is 11.8 Å². The molecule has 0 aliphatic heterocycles. The van der Waals surface area contributed by atoms with Gasteiger partial charge >= 0.3 is 63.3 Å². The van der Waals surface area contributed by atoms with Gasteiger partial charge in [0.15, 0.2) is 0 Å². The van der Waals surface area contributed by atoms with Crippen molar-refractivity contribution in [2.24, 2.45) is 11.8 Å². The molecule has 1 N–H and O–H groups in total. The van der Waals surface area contributed by atoms with Gasteiger partial charge in [-0.15, -0.1) is 0 Å². The van der Waals surface area contributed by atoms with E-state index in [1.54, 1.807) is 0 Å². The molecule has 9 heteroatoms. The number of unbranched alkanes of at least 4 members (excludes halogenated alkanes) is 2. The number of hydrogen-bond acceptors (Lipinski definition) is 7. The fourth-order valence-corrected chi connectivity index (χ4v) is 2.57. The van der Waals surface area contributed by atoms with Crippen molar-refractivity contribution in [2.75, 3.05) is 13.2 Å². The molecule has 0 aliphatic rings. The summed E-state index contributed by atoms with van der Waals surface area (Å²) in [6, 6.07) is 0. The molecule has 0 amide bonds. The molecule has 0 saturated heterocycles. The third-order valence-electron chi connectivity index (χ3n) is 4.58. The second kappa shape index (κ2) is 24.8. The molecular weight excluding hydrogens is 423 g/mol. The molecule has 0 spiro atoms. The Hall–Kier alpha value is 0.486. The number of hydrogen-bond donors (Lipinski definition) is 1. The summed E-state index contributed by atoms with van der Waals surface area (Å²) in [6.45, 7) is 9.51. The van der Waals surface area contributed by atoms with Crippen LogP contribution in [-0.4, -0.2) is 29.7 Å². The van der Waals surface area contributed by atoms with Crippen molar-refractivity contribution in [1.29, 1.82) is 0 Å². The molecule has 0 aliphatic carbocycles. The van der Waals surface area contributed by atoms with Crippen molar-refractivity contribution in [3.8, 4) is 0 Å². The molecule has 2 unspecified atom stereocenters. The second-order valence-corrected chi connectivity index (χ2v) is 7.35. The van der Waals surface area contributed by atoms with Gasteiger partial charge in [0.2, 0.25) is 0 Å². The standard InChI is InChI=1S/C20H38O4.K.HO3S/c1-5-9-11-17(7-3)15-23-19(21)13-14-20(22)24-16-18(8-4)12-10-6-2;;1-4(2)3/h17-18H,5-16H2,1-4H3;;(H,1,2,3)/q;+1;-1. The Bertz CT molecular complexity index is 430. The van der Waals surface area contributed by atoms with Crippen molar-refractivity contribution < 1.29 is 83.4 Å². The topological polar surface area (TPSA) is 107 Å². The molecule has 168 valence electrons. The molecule has 0 bridgehead atoms. The zero-order valence-corrected chi connectivity index (χ0v) is 22.9. The molecule has 0 fully saturated rings. The molecule has 2 atom stereocenters. The van der Waals surface area contributed by atoms with Crippen LogP contribution in [0.2, 0.25) is 0 Å². The van der Waals surface area contributed by atoms with Gasteiger partial charge in [0, 0.05) is 11.0 Å². The number of carbonyl (C=O) groups is 2. The largest absolute Gasteiger partial charge is 1.00 e. The molecule has 7 nitrogen and oxygen atoms in total. The first-order valence-corrected chi connectivity index (χ1v) is 11.4. The minimum atomic E-state index is -2.86. The van der Waals surface area contributed by atoms with Gasteiger partial charge in [-0.3, -0.25) is 9.59 Å². The molecular formula is C20H39KO7S. The summed E-state index contributed by atoms with van der Waals surface area (Å²) in [5, 5.41) is 0. The fourth-order valence-electron chi connectivity index (χ4n) is 2.57. The Kier molecular flexibility index (Phi) is 29.1. The predicted octanol–water partition coefficient (Wildman–Crippen LogP) is 2.06. The van der Waals surface area contributed by atoms with Crippen LogP contribution >= 0.6 is 0 Å². The van der Waals surface area contributed by atoms with E-state index in [1.165, 1.54) is 12.8 Å². The summed E-state index contributed by atoms with van der Waals surface area (Å²) >= 11 is 0. The van der Waals surface area contributed by atoms with Crippen molar-refractivity contribution in [3.63, 3.8) is 0 Å². The molecule has 0 radical (unpaired) electrons. The number of carbonyl (C=O) groups excluding carboxylic acids is 2. The van der Waals surface area contributed by atoms with Gasteiger partial charge in [0.1, 0.15) is 0 Å². The first kappa shape index (κ1) is 34.1. The summed E-state index contributed by atoms with van der Waals surface area (Å²) in [4.78, 5) is 23.5. The van der Waals surface area contributed by atoms with Crippen LogP contribution in [0.15, 0.2) is 0 Å². The van der Waals surface area contributed by atoms with E-state index in [4.69, 9.17) is 22.4 Å². The van der Waals surface area contributed by atoms with Crippen LogP contribution in [-0.2, 0) is 38.5 Å². The van der Waals surface area contributed by atoms with Crippen LogP contribution < -0.4 is 51.4 Å². The van der Waals surface area contributed by atoms with E-state index >= 15 is 0 Å². The Labute approximate surface area is 221 Å². The summed E-state index contributed by atoms with van der Waals surface area (Å²) in [5.41, 5.74) is 0. The van der Waals surface area contributed by atoms with Crippen LogP contribution in [0.5, 0.6) is 0 Å². The summed E-state index contributed by atoms with van der Waals surface area (Å²) in [6.07, 6.45) is 9.12. The molecule has 0 saturated carbocycles. The zero-order valence-electron chi connectivity index (χ0n) is 18.9.